The van der Waals surface area contributed by atoms with E-state index in [1.54, 1.807) is 0 Å². The Bertz CT molecular complexity index is 972. The summed E-state index contributed by atoms with van der Waals surface area (Å²) < 4.78 is 12.1. The Morgan fingerprint density at radius 1 is 0.889 bits per heavy atom. The van der Waals surface area contributed by atoms with Gasteiger partial charge in [0.25, 0.3) is 0 Å². The molecule has 4 aliphatic carbocycles. The molecule has 0 unspecified atom stereocenters. The van der Waals surface area contributed by atoms with Crippen LogP contribution < -0.4 is 4.74 Å². The Hall–Kier alpha value is -1.84. The maximum Gasteiger partial charge on any atom is 0.311 e. The van der Waals surface area contributed by atoms with Crippen LogP contribution in [0.15, 0.2) is 18.2 Å². The molecule has 2 bridgehead atoms. The standard InChI is InChI=1S/C32H46O4/c1-4-6-8-10-28(33)35-24-13-14-25-23(22-24)12-15-27-26(25)16-17-30(3)31(27)18-20-32(30,21-19-31)36-29(34)11-9-7-5-2/h13-14,22,26-27H,4-12,15-21H2,1-3H3/t26-,27-,30+,31-,32+/m1/s1. The summed E-state index contributed by atoms with van der Waals surface area (Å²) in [6, 6.07) is 6.42. The van der Waals surface area contributed by atoms with Gasteiger partial charge in [-0.2, -0.15) is 0 Å². The molecule has 0 amide bonds. The first-order valence-electron chi connectivity index (χ1n) is 14.9. The third-order valence-corrected chi connectivity index (χ3v) is 11.0. The van der Waals surface area contributed by atoms with Crippen molar-refractivity contribution in [1.82, 2.24) is 0 Å². The van der Waals surface area contributed by atoms with Crippen LogP contribution in [0.1, 0.15) is 134 Å². The molecule has 36 heavy (non-hydrogen) atoms. The molecule has 0 radical (unpaired) electrons. The number of hydrogen-bond acceptors (Lipinski definition) is 4. The van der Waals surface area contributed by atoms with Crippen LogP contribution in [-0.2, 0) is 20.7 Å². The minimum absolute atomic E-state index is 0.0373. The fourth-order valence-corrected chi connectivity index (χ4v) is 9.03. The molecule has 4 heteroatoms. The van der Waals surface area contributed by atoms with Gasteiger partial charge in [-0.1, -0.05) is 52.5 Å². The number of rotatable bonds is 10. The van der Waals surface area contributed by atoms with Gasteiger partial charge < -0.3 is 9.47 Å². The normalized spacial score (nSPS) is 34.0. The lowest BCUT2D eigenvalue weighted by Gasteiger charge is -2.57. The summed E-state index contributed by atoms with van der Waals surface area (Å²) in [6.45, 7) is 6.79. The van der Waals surface area contributed by atoms with Gasteiger partial charge in [-0.15, -0.1) is 0 Å². The van der Waals surface area contributed by atoms with E-state index in [4.69, 9.17) is 9.47 Å². The molecule has 198 valence electrons. The van der Waals surface area contributed by atoms with E-state index in [0.29, 0.717) is 35.8 Å². The molecule has 0 aromatic heterocycles. The number of carbonyl (C=O) groups excluding carboxylic acids is 2. The number of unbranched alkanes of at least 4 members (excludes halogenated alkanes) is 4. The number of carbonyl (C=O) groups is 2. The SMILES string of the molecule is CCCCCC(=O)Oc1ccc2c(c1)CC[C@@H]1[C@@H]2CC[C@]2(C)[C@]3(OC(=O)CCCCC)CC[C@@]12CC3. The quantitative estimate of drug-likeness (QED) is 0.187. The van der Waals surface area contributed by atoms with Crippen LogP contribution in [0.25, 0.3) is 0 Å². The van der Waals surface area contributed by atoms with Gasteiger partial charge in [0, 0.05) is 18.3 Å². The Balaban J connectivity index is 1.30. The summed E-state index contributed by atoms with van der Waals surface area (Å²) in [6.07, 6.45) is 16.4. The lowest BCUT2D eigenvalue weighted by molar-refractivity contribution is -0.176. The van der Waals surface area contributed by atoms with Crippen LogP contribution in [0.4, 0.5) is 0 Å². The highest BCUT2D eigenvalue weighted by atomic mass is 16.6. The zero-order chi connectivity index (χ0) is 25.4. The number of ether oxygens (including phenoxy) is 2. The van der Waals surface area contributed by atoms with Crippen molar-refractivity contribution in [3.05, 3.63) is 29.3 Å². The summed E-state index contributed by atoms with van der Waals surface area (Å²) in [4.78, 5) is 25.1. The second-order valence-corrected chi connectivity index (χ2v) is 12.5. The topological polar surface area (TPSA) is 52.6 Å². The Kier molecular flexibility index (Phi) is 7.26. The number of fused-ring (bicyclic) bond motifs is 3. The highest BCUT2D eigenvalue weighted by Gasteiger charge is 2.75. The van der Waals surface area contributed by atoms with E-state index in [1.807, 2.05) is 6.07 Å². The second-order valence-electron chi connectivity index (χ2n) is 12.5. The van der Waals surface area contributed by atoms with E-state index in [0.717, 1.165) is 64.2 Å². The molecule has 0 N–H and O–H groups in total. The van der Waals surface area contributed by atoms with Gasteiger partial charge in [0.1, 0.15) is 11.4 Å². The molecule has 0 spiro atoms. The summed E-state index contributed by atoms with van der Waals surface area (Å²) in [5, 5.41) is 0. The second kappa shape index (κ2) is 10.1. The van der Waals surface area contributed by atoms with E-state index in [-0.39, 0.29) is 23.0 Å². The first-order chi connectivity index (χ1) is 17.4. The lowest BCUT2D eigenvalue weighted by Crippen LogP contribution is -2.53. The molecule has 1 aromatic rings. The predicted octanol–water partition coefficient (Wildman–Crippen LogP) is 8.05. The smallest absolute Gasteiger partial charge is 0.311 e. The molecule has 0 heterocycles. The van der Waals surface area contributed by atoms with E-state index >= 15 is 0 Å². The van der Waals surface area contributed by atoms with Gasteiger partial charge >= 0.3 is 11.9 Å². The van der Waals surface area contributed by atoms with Gasteiger partial charge in [0.05, 0.1) is 0 Å². The van der Waals surface area contributed by atoms with Crippen molar-refractivity contribution in [3.63, 3.8) is 0 Å². The fraction of sp³-hybridized carbons (Fsp3) is 0.750. The van der Waals surface area contributed by atoms with Crippen LogP contribution in [0.5, 0.6) is 5.75 Å². The molecule has 3 atom stereocenters. The minimum atomic E-state index is -0.239. The first kappa shape index (κ1) is 25.8. The first-order valence-corrected chi connectivity index (χ1v) is 14.9. The van der Waals surface area contributed by atoms with Crippen LogP contribution in [-0.4, -0.2) is 17.5 Å². The summed E-state index contributed by atoms with van der Waals surface area (Å²) in [7, 11) is 0. The van der Waals surface area contributed by atoms with Crippen LogP contribution in [0, 0.1) is 16.7 Å². The Labute approximate surface area is 217 Å². The molecular formula is C32H46O4. The number of benzene rings is 1. The third-order valence-electron chi connectivity index (χ3n) is 11.0. The van der Waals surface area contributed by atoms with E-state index in [2.05, 4.69) is 32.9 Å². The van der Waals surface area contributed by atoms with E-state index in [1.165, 1.54) is 36.8 Å². The van der Waals surface area contributed by atoms with Gasteiger partial charge in [-0.3, -0.25) is 9.59 Å². The molecule has 0 aliphatic heterocycles. The van der Waals surface area contributed by atoms with Gasteiger partial charge in [-0.05, 0) is 105 Å². The number of esters is 2. The number of hydrogen-bond donors (Lipinski definition) is 0. The highest BCUT2D eigenvalue weighted by molar-refractivity contribution is 5.72. The predicted molar refractivity (Wildman–Crippen MR) is 142 cm³/mol. The summed E-state index contributed by atoms with van der Waals surface area (Å²) >= 11 is 0. The van der Waals surface area contributed by atoms with E-state index in [9.17, 15) is 9.59 Å². The van der Waals surface area contributed by atoms with Crippen molar-refractivity contribution in [2.45, 2.75) is 135 Å². The molecule has 4 nitrogen and oxygen atoms in total. The average molecular weight is 495 g/mol. The molecular weight excluding hydrogens is 448 g/mol. The zero-order valence-electron chi connectivity index (χ0n) is 22.8. The molecule has 4 aliphatic rings. The summed E-state index contributed by atoms with van der Waals surface area (Å²) in [5.41, 5.74) is 3.01. The van der Waals surface area contributed by atoms with Crippen molar-refractivity contribution in [1.29, 1.82) is 0 Å². The Morgan fingerprint density at radius 3 is 2.28 bits per heavy atom. The lowest BCUT2D eigenvalue weighted by atomic mass is 9.48. The van der Waals surface area contributed by atoms with Crippen molar-refractivity contribution >= 4 is 11.9 Å². The molecule has 3 fully saturated rings. The maximum atomic E-state index is 12.8. The molecule has 5 rings (SSSR count). The average Bonchev–Trinajstić information content (AvgIpc) is 3.26. The van der Waals surface area contributed by atoms with Crippen LogP contribution in [0.3, 0.4) is 0 Å². The van der Waals surface area contributed by atoms with Crippen LogP contribution >= 0.6 is 0 Å². The van der Waals surface area contributed by atoms with Crippen LogP contribution in [0.2, 0.25) is 0 Å². The largest absolute Gasteiger partial charge is 0.458 e. The molecule has 0 saturated heterocycles. The summed E-state index contributed by atoms with van der Waals surface area (Å²) in [5.74, 6) is 1.88. The van der Waals surface area contributed by atoms with E-state index < -0.39 is 0 Å². The van der Waals surface area contributed by atoms with Gasteiger partial charge in [0.15, 0.2) is 0 Å². The van der Waals surface area contributed by atoms with Crippen molar-refractivity contribution in [3.8, 4) is 5.75 Å². The Morgan fingerprint density at radius 2 is 1.58 bits per heavy atom. The molecule has 3 saturated carbocycles. The van der Waals surface area contributed by atoms with Crippen molar-refractivity contribution < 1.29 is 19.1 Å². The van der Waals surface area contributed by atoms with Gasteiger partial charge in [0.2, 0.25) is 0 Å². The highest BCUT2D eigenvalue weighted by Crippen LogP contribution is 2.78. The third kappa shape index (κ3) is 4.11. The van der Waals surface area contributed by atoms with Crippen molar-refractivity contribution in [2.75, 3.05) is 0 Å². The van der Waals surface area contributed by atoms with Gasteiger partial charge in [-0.25, -0.2) is 0 Å². The molecule has 1 aromatic carbocycles. The zero-order valence-corrected chi connectivity index (χ0v) is 22.8. The van der Waals surface area contributed by atoms with Crippen molar-refractivity contribution in [2.24, 2.45) is 16.7 Å². The minimum Gasteiger partial charge on any atom is -0.458 e. The maximum absolute atomic E-state index is 12.8. The number of aryl methyl sites for hydroxylation is 1. The monoisotopic (exact) mass is 494 g/mol. The fourth-order valence-electron chi connectivity index (χ4n) is 9.03.